The monoisotopic (exact) mass is 1130 g/mol. The third-order valence-corrected chi connectivity index (χ3v) is 14.6. The largest absolute Gasteiger partial charge is 0.756 e. The van der Waals surface area contributed by atoms with Gasteiger partial charge in [0.2, 0.25) is 5.91 Å². The van der Waals surface area contributed by atoms with E-state index in [2.05, 4.69) is 135 Å². The molecule has 0 saturated heterocycles. The van der Waals surface area contributed by atoms with E-state index in [9.17, 15) is 19.0 Å². The van der Waals surface area contributed by atoms with Crippen molar-refractivity contribution >= 4 is 19.7 Å². The summed E-state index contributed by atoms with van der Waals surface area (Å²) in [6, 6.07) is -0.923. The van der Waals surface area contributed by atoms with Gasteiger partial charge in [0.15, 0.2) is 0 Å². The van der Waals surface area contributed by atoms with Crippen LogP contribution in [0.3, 0.4) is 0 Å². The summed E-state index contributed by atoms with van der Waals surface area (Å²) in [7, 11) is 1.13. The summed E-state index contributed by atoms with van der Waals surface area (Å²) in [5.41, 5.74) is 0. The average Bonchev–Trinajstić information content (AvgIpc) is 3.42. The molecular weight excluding hydrogens is 1010 g/mol. The number of quaternary nitrogens is 1. The first-order valence-electron chi connectivity index (χ1n) is 32.3. The molecule has 0 aliphatic heterocycles. The van der Waals surface area contributed by atoms with Gasteiger partial charge in [-0.3, -0.25) is 14.2 Å². The number of allylic oxidation sites excluding steroid dienone is 19. The minimum absolute atomic E-state index is 0.0386. The fraction of sp³-hybridized carbons (Fsp3) is 0.686. The highest BCUT2D eigenvalue weighted by Crippen LogP contribution is 2.38. The summed E-state index contributed by atoms with van der Waals surface area (Å²) < 4.78 is 30.3. The fourth-order valence-electron chi connectivity index (χ4n) is 8.65. The minimum Gasteiger partial charge on any atom is -0.756 e. The van der Waals surface area contributed by atoms with E-state index in [0.29, 0.717) is 23.9 Å². The number of carbonyl (C=O) groups is 2. The predicted molar refractivity (Wildman–Crippen MR) is 343 cm³/mol. The number of phosphoric acid groups is 1. The summed E-state index contributed by atoms with van der Waals surface area (Å²) in [5, 5.41) is 3.00. The highest BCUT2D eigenvalue weighted by molar-refractivity contribution is 7.45. The Morgan fingerprint density at radius 3 is 1.24 bits per heavy atom. The van der Waals surface area contributed by atoms with Crippen molar-refractivity contribution in [2.45, 2.75) is 270 Å². The molecule has 0 aromatic heterocycles. The summed E-state index contributed by atoms with van der Waals surface area (Å²) in [5.74, 6) is -0.606. The zero-order chi connectivity index (χ0) is 58.6. The maximum absolute atomic E-state index is 13.5. The molecule has 0 aliphatic rings. The van der Waals surface area contributed by atoms with Gasteiger partial charge in [-0.1, -0.05) is 245 Å². The maximum Gasteiger partial charge on any atom is 0.306 e. The fourth-order valence-corrected chi connectivity index (χ4v) is 9.37. The Morgan fingerprint density at radius 2 is 0.800 bits per heavy atom. The van der Waals surface area contributed by atoms with E-state index in [-0.39, 0.29) is 31.3 Å². The zero-order valence-electron chi connectivity index (χ0n) is 52.2. The molecule has 3 atom stereocenters. The van der Waals surface area contributed by atoms with Crippen molar-refractivity contribution in [2.24, 2.45) is 0 Å². The number of nitrogens with one attached hydrogen (secondary N) is 1. The molecule has 1 amide bonds. The Labute approximate surface area is 493 Å². The molecule has 0 heterocycles. The molecule has 0 aromatic rings. The van der Waals surface area contributed by atoms with Crippen LogP contribution in [0.5, 0.6) is 0 Å². The van der Waals surface area contributed by atoms with Crippen LogP contribution in [0.15, 0.2) is 122 Å². The number of unbranched alkanes of at least 4 members (excludes halogenated alkanes) is 23. The van der Waals surface area contributed by atoms with Gasteiger partial charge in [0.25, 0.3) is 7.82 Å². The first kappa shape index (κ1) is 76.4. The molecule has 0 saturated carbocycles. The Bertz CT molecular complexity index is 1780. The second-order valence-electron chi connectivity index (χ2n) is 22.5. The van der Waals surface area contributed by atoms with Crippen LogP contribution in [0, 0.1) is 0 Å². The van der Waals surface area contributed by atoms with Gasteiger partial charge < -0.3 is 28.5 Å². The van der Waals surface area contributed by atoms with Gasteiger partial charge in [-0.25, -0.2) is 0 Å². The van der Waals surface area contributed by atoms with Gasteiger partial charge >= 0.3 is 5.97 Å². The van der Waals surface area contributed by atoms with E-state index in [0.717, 1.165) is 109 Å². The average molecular weight is 1130 g/mol. The quantitative estimate of drug-likeness (QED) is 0.0212. The number of hydrogen-bond donors (Lipinski definition) is 1. The van der Waals surface area contributed by atoms with Crippen LogP contribution in [0.1, 0.15) is 258 Å². The summed E-state index contributed by atoms with van der Waals surface area (Å²) in [6.07, 6.45) is 81.7. The number of esters is 1. The summed E-state index contributed by atoms with van der Waals surface area (Å²) in [4.78, 5) is 40.1. The number of nitrogens with zero attached hydrogens (tertiary/aromatic N) is 1. The summed E-state index contributed by atoms with van der Waals surface area (Å²) in [6.45, 7) is 6.65. The van der Waals surface area contributed by atoms with Crippen molar-refractivity contribution < 1.29 is 37.3 Å². The van der Waals surface area contributed by atoms with Crippen LogP contribution < -0.4 is 10.2 Å². The van der Waals surface area contributed by atoms with Crippen molar-refractivity contribution in [1.29, 1.82) is 0 Å². The lowest BCUT2D eigenvalue weighted by molar-refractivity contribution is -0.870. The molecule has 9 nitrogen and oxygen atoms in total. The van der Waals surface area contributed by atoms with Crippen molar-refractivity contribution in [3.63, 3.8) is 0 Å². The highest BCUT2D eigenvalue weighted by atomic mass is 31.2. The van der Waals surface area contributed by atoms with Crippen LogP contribution in [0.25, 0.3) is 0 Å². The van der Waals surface area contributed by atoms with E-state index < -0.39 is 26.6 Å². The standard InChI is InChI=1S/C70H121N2O7P/c1-7-10-13-16-19-22-25-28-30-32-34-36-38-40-42-44-47-50-53-56-59-62-69(73)71-67(66-78-80(75,76)77-65-64-72(4,5)6)68(61-58-55-52-49-46-27-24-21-18-15-12-9-3)79-70(74)63-60-57-54-51-48-45-43-41-39-37-35-33-31-29-26-23-20-17-14-11-8-2/h10,13,19-20,22-23,28-31,34-37,40,42,47,50,58,61,67-68H,7-9,11-12,14-18,21,24-27,32-33,38-39,41,43-46,48-49,51-57,59-60,62-66H2,1-6H3,(H-,71,73,75,76)/b13-10-,22-19-,23-20-,30-28-,31-29-,36-34-,37-35-,42-40-,50-47-,61-58+. The first-order valence-corrected chi connectivity index (χ1v) is 33.8. The molecular formula is C70H121N2O7P. The van der Waals surface area contributed by atoms with Crippen LogP contribution in [0.4, 0.5) is 0 Å². The number of hydrogen-bond acceptors (Lipinski definition) is 7. The van der Waals surface area contributed by atoms with Gasteiger partial charge in [-0.2, -0.15) is 0 Å². The molecule has 0 bridgehead atoms. The molecule has 10 heteroatoms. The third kappa shape index (κ3) is 59.0. The lowest BCUT2D eigenvalue weighted by Gasteiger charge is -2.30. The number of likely N-dealkylation sites (N-methyl/N-ethyl adjacent to an activating group) is 1. The molecule has 0 spiro atoms. The molecule has 458 valence electrons. The van der Waals surface area contributed by atoms with E-state index in [1.165, 1.54) is 103 Å². The van der Waals surface area contributed by atoms with Crippen molar-refractivity contribution in [3.05, 3.63) is 122 Å². The molecule has 1 N–H and O–H groups in total. The molecule has 80 heavy (non-hydrogen) atoms. The lowest BCUT2D eigenvalue weighted by Crippen LogP contribution is -2.47. The number of ether oxygens (including phenoxy) is 1. The molecule has 0 radical (unpaired) electrons. The first-order chi connectivity index (χ1) is 38.9. The van der Waals surface area contributed by atoms with Gasteiger partial charge in [0.05, 0.1) is 33.8 Å². The smallest absolute Gasteiger partial charge is 0.306 e. The molecule has 3 unspecified atom stereocenters. The van der Waals surface area contributed by atoms with Crippen molar-refractivity contribution in [2.75, 3.05) is 40.9 Å². The van der Waals surface area contributed by atoms with E-state index >= 15 is 0 Å². The summed E-state index contributed by atoms with van der Waals surface area (Å²) >= 11 is 0. The number of phosphoric ester groups is 1. The molecule has 0 fully saturated rings. The topological polar surface area (TPSA) is 114 Å². The van der Waals surface area contributed by atoms with Gasteiger partial charge in [0, 0.05) is 12.8 Å². The van der Waals surface area contributed by atoms with Crippen LogP contribution in [-0.2, 0) is 27.9 Å². The van der Waals surface area contributed by atoms with Crippen LogP contribution in [0.2, 0.25) is 0 Å². The predicted octanol–water partition coefficient (Wildman–Crippen LogP) is 19.6. The maximum atomic E-state index is 13.5. The molecule has 0 aliphatic carbocycles. The highest BCUT2D eigenvalue weighted by Gasteiger charge is 2.27. The number of amides is 1. The Morgan fingerprint density at radius 1 is 0.450 bits per heavy atom. The van der Waals surface area contributed by atoms with E-state index in [1.807, 2.05) is 33.3 Å². The Hall–Kier alpha value is -3.59. The molecule has 0 aromatic carbocycles. The van der Waals surface area contributed by atoms with Gasteiger partial charge in [-0.05, 0) is 122 Å². The Balaban J connectivity index is 5.32. The Kier molecular flexibility index (Phi) is 56.0. The second kappa shape index (κ2) is 58.6. The molecule has 0 rings (SSSR count). The zero-order valence-corrected chi connectivity index (χ0v) is 53.1. The third-order valence-electron chi connectivity index (χ3n) is 13.6. The SMILES string of the molecule is CC/C=C\C/C=C\C/C=C\C/C=C\C/C=C\C/C=C\CCCCC(=O)NC(COP(=O)([O-])OCC[N+](C)(C)C)C(/C=C/CCCCCCCCCCCC)OC(=O)CCCCCCCCCC/C=C\C/C=C\C/C=C\CCCCC. The van der Waals surface area contributed by atoms with E-state index in [4.69, 9.17) is 13.8 Å². The van der Waals surface area contributed by atoms with Gasteiger partial charge in [-0.15, -0.1) is 0 Å². The normalized spacial score (nSPS) is 14.4. The second-order valence-corrected chi connectivity index (χ2v) is 23.9. The minimum atomic E-state index is -4.72. The van der Waals surface area contributed by atoms with Crippen molar-refractivity contribution in [1.82, 2.24) is 5.32 Å². The van der Waals surface area contributed by atoms with E-state index in [1.54, 1.807) is 0 Å². The number of rotatable bonds is 57. The lowest BCUT2D eigenvalue weighted by atomic mass is 10.0. The van der Waals surface area contributed by atoms with Crippen molar-refractivity contribution in [3.8, 4) is 0 Å². The number of carbonyl (C=O) groups excluding carboxylic acids is 2. The van der Waals surface area contributed by atoms with Crippen LogP contribution in [-0.4, -0.2) is 69.4 Å². The van der Waals surface area contributed by atoms with Crippen LogP contribution >= 0.6 is 7.82 Å². The van der Waals surface area contributed by atoms with Gasteiger partial charge in [0.1, 0.15) is 19.3 Å².